The van der Waals surface area contributed by atoms with Gasteiger partial charge < -0.3 is 21.1 Å². The summed E-state index contributed by atoms with van der Waals surface area (Å²) in [6.45, 7) is 3.72. The van der Waals surface area contributed by atoms with Gasteiger partial charge in [0.05, 0.1) is 18.4 Å². The van der Waals surface area contributed by atoms with E-state index < -0.39 is 5.97 Å². The zero-order valence-electron chi connectivity index (χ0n) is 11.2. The molecule has 1 amide bonds. The molecule has 1 aromatic rings. The maximum atomic E-state index is 11.6. The van der Waals surface area contributed by atoms with Gasteiger partial charge >= 0.3 is 5.97 Å². The number of anilines is 2. The smallest absolute Gasteiger partial charge is 0.339 e. The minimum absolute atomic E-state index is 0.0232. The summed E-state index contributed by atoms with van der Waals surface area (Å²) in [5.41, 5.74) is 5.75. The maximum absolute atomic E-state index is 11.6. The number of amides is 1. The number of rotatable bonds is 5. The molecule has 0 radical (unpaired) electrons. The molecule has 0 fully saturated rings. The molecule has 0 unspecified atom stereocenters. The zero-order chi connectivity index (χ0) is 14.6. The number of carbonyl (C=O) groups excluding carboxylic acids is 1. The topological polar surface area (TPSA) is 109 Å². The summed E-state index contributed by atoms with van der Waals surface area (Å²) in [6, 6.07) is 1.35. The van der Waals surface area contributed by atoms with Gasteiger partial charge in [-0.05, 0) is 19.9 Å². The second-order valence-corrected chi connectivity index (χ2v) is 4.52. The summed E-state index contributed by atoms with van der Waals surface area (Å²) in [5.74, 6) is -1.13. The molecule has 1 aromatic heterocycles. The molecule has 0 atom stereocenters. The van der Waals surface area contributed by atoms with Crippen molar-refractivity contribution in [3.05, 3.63) is 17.8 Å². The first-order chi connectivity index (χ1) is 8.81. The van der Waals surface area contributed by atoms with Crippen molar-refractivity contribution in [3.8, 4) is 0 Å². The minimum Gasteiger partial charge on any atom is -0.478 e. The van der Waals surface area contributed by atoms with Crippen LogP contribution in [-0.4, -0.2) is 41.6 Å². The molecule has 0 aromatic carbocycles. The second kappa shape index (κ2) is 6.03. The van der Waals surface area contributed by atoms with Crippen LogP contribution in [0.1, 0.15) is 24.2 Å². The average Bonchev–Trinajstić information content (AvgIpc) is 2.27. The van der Waals surface area contributed by atoms with Crippen molar-refractivity contribution in [1.29, 1.82) is 0 Å². The SMILES string of the molecule is CC(C)NC(=O)CN(C)c1ncc(N)cc1C(=O)O. The number of hydrogen-bond donors (Lipinski definition) is 3. The molecule has 0 saturated carbocycles. The number of aromatic nitrogens is 1. The van der Waals surface area contributed by atoms with Crippen molar-refractivity contribution < 1.29 is 14.7 Å². The van der Waals surface area contributed by atoms with E-state index in [1.165, 1.54) is 17.2 Å². The van der Waals surface area contributed by atoms with Gasteiger partial charge in [-0.2, -0.15) is 0 Å². The van der Waals surface area contributed by atoms with Crippen molar-refractivity contribution in [2.45, 2.75) is 19.9 Å². The van der Waals surface area contributed by atoms with Gasteiger partial charge in [0.15, 0.2) is 0 Å². The number of carboxylic acid groups (broad SMARTS) is 1. The van der Waals surface area contributed by atoms with E-state index in [-0.39, 0.29) is 35.6 Å². The van der Waals surface area contributed by atoms with Crippen LogP contribution >= 0.6 is 0 Å². The Bertz CT molecular complexity index is 488. The van der Waals surface area contributed by atoms with E-state index in [9.17, 15) is 9.59 Å². The Labute approximate surface area is 111 Å². The quantitative estimate of drug-likeness (QED) is 0.708. The fourth-order valence-corrected chi connectivity index (χ4v) is 1.59. The minimum atomic E-state index is -1.13. The first-order valence-corrected chi connectivity index (χ1v) is 5.80. The van der Waals surface area contributed by atoms with Crippen LogP contribution in [0.5, 0.6) is 0 Å². The van der Waals surface area contributed by atoms with Crippen LogP contribution in [0.3, 0.4) is 0 Å². The van der Waals surface area contributed by atoms with Gasteiger partial charge in [-0.15, -0.1) is 0 Å². The normalized spacial score (nSPS) is 10.3. The molecule has 7 heteroatoms. The molecule has 0 spiro atoms. The van der Waals surface area contributed by atoms with Gasteiger partial charge in [-0.1, -0.05) is 0 Å². The highest BCUT2D eigenvalue weighted by atomic mass is 16.4. The van der Waals surface area contributed by atoms with E-state index in [1.54, 1.807) is 7.05 Å². The average molecular weight is 266 g/mol. The molecular formula is C12H18N4O3. The van der Waals surface area contributed by atoms with Crippen LogP contribution in [-0.2, 0) is 4.79 Å². The Kier molecular flexibility index (Phi) is 4.68. The monoisotopic (exact) mass is 266 g/mol. The Balaban J connectivity index is 2.90. The van der Waals surface area contributed by atoms with Crippen LogP contribution in [0.4, 0.5) is 11.5 Å². The highest BCUT2D eigenvalue weighted by Gasteiger charge is 2.17. The van der Waals surface area contributed by atoms with Gasteiger partial charge in [0.25, 0.3) is 0 Å². The number of nitrogen functional groups attached to an aromatic ring is 1. The van der Waals surface area contributed by atoms with E-state index in [1.807, 2.05) is 13.8 Å². The van der Waals surface area contributed by atoms with E-state index in [4.69, 9.17) is 10.8 Å². The number of carbonyl (C=O) groups is 2. The van der Waals surface area contributed by atoms with Gasteiger partial charge in [0, 0.05) is 13.1 Å². The summed E-state index contributed by atoms with van der Waals surface area (Å²) in [7, 11) is 1.60. The predicted molar refractivity (Wildman–Crippen MR) is 72.2 cm³/mol. The summed E-state index contributed by atoms with van der Waals surface area (Å²) in [4.78, 5) is 28.2. The Hall–Kier alpha value is -2.31. The van der Waals surface area contributed by atoms with Crippen LogP contribution < -0.4 is 16.0 Å². The lowest BCUT2D eigenvalue weighted by molar-refractivity contribution is -0.120. The number of aromatic carboxylic acids is 1. The van der Waals surface area contributed by atoms with Gasteiger partial charge in [-0.25, -0.2) is 9.78 Å². The standard InChI is InChI=1S/C12H18N4O3/c1-7(2)15-10(17)6-16(3)11-9(12(18)19)4-8(13)5-14-11/h4-5,7H,6,13H2,1-3H3,(H,15,17)(H,18,19). The van der Waals surface area contributed by atoms with Crippen molar-refractivity contribution in [2.75, 3.05) is 24.2 Å². The number of nitrogens with one attached hydrogen (secondary N) is 1. The van der Waals surface area contributed by atoms with Gasteiger partial charge in [0.1, 0.15) is 11.4 Å². The molecule has 1 heterocycles. The van der Waals surface area contributed by atoms with E-state index in [0.29, 0.717) is 0 Å². The number of likely N-dealkylation sites (N-methyl/N-ethyl adjacent to an activating group) is 1. The number of hydrogen-bond acceptors (Lipinski definition) is 5. The van der Waals surface area contributed by atoms with Crippen LogP contribution in [0.15, 0.2) is 12.3 Å². The summed E-state index contributed by atoms with van der Waals surface area (Å²) in [6.07, 6.45) is 1.36. The fourth-order valence-electron chi connectivity index (χ4n) is 1.59. The fraction of sp³-hybridized carbons (Fsp3) is 0.417. The van der Waals surface area contributed by atoms with Crippen LogP contribution in [0, 0.1) is 0 Å². The Morgan fingerprint density at radius 1 is 1.53 bits per heavy atom. The second-order valence-electron chi connectivity index (χ2n) is 4.52. The van der Waals surface area contributed by atoms with Gasteiger partial charge in [0.2, 0.25) is 5.91 Å². The summed E-state index contributed by atoms with van der Waals surface area (Å²) in [5, 5.41) is 11.8. The third-order valence-corrected chi connectivity index (χ3v) is 2.31. The molecule has 7 nitrogen and oxygen atoms in total. The molecule has 19 heavy (non-hydrogen) atoms. The number of carboxylic acids is 1. The van der Waals surface area contributed by atoms with Crippen molar-refractivity contribution >= 4 is 23.4 Å². The number of nitrogens with two attached hydrogens (primary N) is 1. The van der Waals surface area contributed by atoms with Crippen molar-refractivity contribution in [2.24, 2.45) is 0 Å². The lowest BCUT2D eigenvalue weighted by atomic mass is 10.2. The molecule has 0 saturated heterocycles. The van der Waals surface area contributed by atoms with E-state index in [0.717, 1.165) is 0 Å². The molecule has 0 aliphatic carbocycles. The number of pyridine rings is 1. The third kappa shape index (κ3) is 4.13. The molecule has 0 aliphatic rings. The zero-order valence-corrected chi connectivity index (χ0v) is 11.2. The molecular weight excluding hydrogens is 248 g/mol. The van der Waals surface area contributed by atoms with Crippen LogP contribution in [0.2, 0.25) is 0 Å². The Morgan fingerprint density at radius 2 is 2.16 bits per heavy atom. The summed E-state index contributed by atoms with van der Waals surface area (Å²) >= 11 is 0. The van der Waals surface area contributed by atoms with Crippen LogP contribution in [0.25, 0.3) is 0 Å². The van der Waals surface area contributed by atoms with Crippen molar-refractivity contribution in [3.63, 3.8) is 0 Å². The third-order valence-electron chi connectivity index (χ3n) is 2.31. The molecule has 0 aliphatic heterocycles. The van der Waals surface area contributed by atoms with Crippen molar-refractivity contribution in [1.82, 2.24) is 10.3 Å². The molecule has 1 rings (SSSR count). The lowest BCUT2D eigenvalue weighted by Crippen LogP contribution is -2.39. The molecule has 104 valence electrons. The molecule has 4 N–H and O–H groups in total. The summed E-state index contributed by atoms with van der Waals surface area (Å²) < 4.78 is 0. The Morgan fingerprint density at radius 3 is 2.68 bits per heavy atom. The van der Waals surface area contributed by atoms with E-state index in [2.05, 4.69) is 10.3 Å². The maximum Gasteiger partial charge on any atom is 0.339 e. The number of nitrogens with zero attached hydrogens (tertiary/aromatic N) is 2. The first kappa shape index (κ1) is 14.7. The molecule has 0 bridgehead atoms. The lowest BCUT2D eigenvalue weighted by Gasteiger charge is -2.20. The van der Waals surface area contributed by atoms with Gasteiger partial charge in [-0.3, -0.25) is 4.79 Å². The largest absolute Gasteiger partial charge is 0.478 e. The first-order valence-electron chi connectivity index (χ1n) is 5.80. The predicted octanol–water partition coefficient (Wildman–Crippen LogP) is 0.323. The highest BCUT2D eigenvalue weighted by molar-refractivity contribution is 5.95. The highest BCUT2D eigenvalue weighted by Crippen LogP contribution is 2.18. The van der Waals surface area contributed by atoms with E-state index >= 15 is 0 Å².